The van der Waals surface area contributed by atoms with Gasteiger partial charge in [-0.1, -0.05) is 32.9 Å². The van der Waals surface area contributed by atoms with Crippen molar-refractivity contribution in [3.8, 4) is 0 Å². The highest BCUT2D eigenvalue weighted by molar-refractivity contribution is 5.18. The van der Waals surface area contributed by atoms with E-state index in [0.29, 0.717) is 23.2 Å². The van der Waals surface area contributed by atoms with Gasteiger partial charge >= 0.3 is 0 Å². The minimum absolute atomic E-state index is 0.205. The van der Waals surface area contributed by atoms with E-state index in [9.17, 15) is 0 Å². The summed E-state index contributed by atoms with van der Waals surface area (Å²) in [4.78, 5) is 3.94. The SMILES string of the molecule is [C-]#[N+]C(C(C)C)C1CCC2(C)CCCC(=C)C12. The molecule has 0 bridgehead atoms. The third-order valence-electron chi connectivity index (χ3n) is 5.18. The molecule has 2 aliphatic carbocycles. The molecule has 0 aromatic carbocycles. The molecule has 2 rings (SSSR count). The summed E-state index contributed by atoms with van der Waals surface area (Å²) < 4.78 is 0. The fourth-order valence-electron chi connectivity index (χ4n) is 4.39. The van der Waals surface area contributed by atoms with Crippen LogP contribution in [0, 0.1) is 29.7 Å². The molecule has 1 nitrogen and oxygen atoms in total. The fourth-order valence-corrected chi connectivity index (χ4v) is 4.39. The molecule has 2 saturated carbocycles. The summed E-state index contributed by atoms with van der Waals surface area (Å²) >= 11 is 0. The van der Waals surface area contributed by atoms with Gasteiger partial charge in [-0.05, 0) is 43.4 Å². The number of rotatable bonds is 2. The van der Waals surface area contributed by atoms with Crippen LogP contribution in [0.15, 0.2) is 12.2 Å². The van der Waals surface area contributed by atoms with Gasteiger partial charge in [0.25, 0.3) is 0 Å². The minimum atomic E-state index is 0.205. The summed E-state index contributed by atoms with van der Waals surface area (Å²) in [5.74, 6) is 1.68. The van der Waals surface area contributed by atoms with E-state index in [-0.39, 0.29) is 6.04 Å². The molecule has 17 heavy (non-hydrogen) atoms. The summed E-state index contributed by atoms with van der Waals surface area (Å²) in [6.45, 7) is 18.6. The zero-order valence-electron chi connectivity index (χ0n) is 11.5. The highest BCUT2D eigenvalue weighted by atomic mass is 14.8. The van der Waals surface area contributed by atoms with Gasteiger partial charge in [-0.3, -0.25) is 0 Å². The van der Waals surface area contributed by atoms with E-state index in [1.54, 1.807) is 0 Å². The van der Waals surface area contributed by atoms with Crippen LogP contribution < -0.4 is 0 Å². The van der Waals surface area contributed by atoms with Crippen LogP contribution >= 0.6 is 0 Å². The van der Waals surface area contributed by atoms with Crippen molar-refractivity contribution in [3.63, 3.8) is 0 Å². The average Bonchev–Trinajstić information content (AvgIpc) is 2.58. The quantitative estimate of drug-likeness (QED) is 0.479. The van der Waals surface area contributed by atoms with Crippen molar-refractivity contribution >= 4 is 0 Å². The van der Waals surface area contributed by atoms with Crippen LogP contribution in [0.5, 0.6) is 0 Å². The van der Waals surface area contributed by atoms with Crippen molar-refractivity contribution in [2.45, 2.75) is 58.9 Å². The molecule has 0 N–H and O–H groups in total. The molecule has 0 radical (unpaired) electrons. The lowest BCUT2D eigenvalue weighted by molar-refractivity contribution is 0.163. The molecule has 1 heteroatoms. The van der Waals surface area contributed by atoms with Gasteiger partial charge in [0.15, 0.2) is 0 Å². The third kappa shape index (κ3) is 2.03. The first-order valence-electron chi connectivity index (χ1n) is 7.04. The summed E-state index contributed by atoms with van der Waals surface area (Å²) in [7, 11) is 0. The average molecular weight is 231 g/mol. The molecule has 0 aromatic rings. The van der Waals surface area contributed by atoms with Crippen LogP contribution in [-0.2, 0) is 0 Å². The number of allylic oxidation sites excluding steroid dienone is 1. The van der Waals surface area contributed by atoms with Crippen molar-refractivity contribution in [2.75, 3.05) is 0 Å². The maximum absolute atomic E-state index is 7.49. The van der Waals surface area contributed by atoms with E-state index in [2.05, 4.69) is 32.2 Å². The first-order chi connectivity index (χ1) is 7.99. The fraction of sp³-hybridized carbons (Fsp3) is 0.812. The molecule has 0 aromatic heterocycles. The highest BCUT2D eigenvalue weighted by Gasteiger charge is 2.52. The van der Waals surface area contributed by atoms with Gasteiger partial charge in [0, 0.05) is 11.8 Å². The number of fused-ring (bicyclic) bond motifs is 1. The second kappa shape index (κ2) is 4.48. The number of hydrogen-bond donors (Lipinski definition) is 0. The summed E-state index contributed by atoms with van der Waals surface area (Å²) in [6.07, 6.45) is 6.39. The second-order valence-electron chi connectivity index (χ2n) is 6.71. The molecular weight excluding hydrogens is 206 g/mol. The molecule has 0 aliphatic heterocycles. The lowest BCUT2D eigenvalue weighted by atomic mass is 9.64. The lowest BCUT2D eigenvalue weighted by Crippen LogP contribution is -2.35. The Morgan fingerprint density at radius 2 is 2.12 bits per heavy atom. The second-order valence-corrected chi connectivity index (χ2v) is 6.71. The van der Waals surface area contributed by atoms with Crippen molar-refractivity contribution in [2.24, 2.45) is 23.2 Å². The first kappa shape index (κ1) is 12.7. The highest BCUT2D eigenvalue weighted by Crippen LogP contribution is 2.58. The summed E-state index contributed by atoms with van der Waals surface area (Å²) in [5, 5.41) is 0. The largest absolute Gasteiger partial charge is 0.313 e. The van der Waals surface area contributed by atoms with E-state index in [4.69, 9.17) is 6.57 Å². The topological polar surface area (TPSA) is 4.36 Å². The Morgan fingerprint density at radius 3 is 2.71 bits per heavy atom. The Balaban J connectivity index is 2.26. The van der Waals surface area contributed by atoms with E-state index in [1.165, 1.54) is 37.7 Å². The number of hydrogen-bond acceptors (Lipinski definition) is 0. The van der Waals surface area contributed by atoms with Crippen molar-refractivity contribution in [3.05, 3.63) is 23.6 Å². The molecule has 0 heterocycles. The molecule has 0 spiro atoms. The van der Waals surface area contributed by atoms with E-state index in [1.807, 2.05) is 0 Å². The van der Waals surface area contributed by atoms with E-state index in [0.717, 1.165) is 0 Å². The van der Waals surface area contributed by atoms with Crippen LogP contribution in [0.1, 0.15) is 52.9 Å². The van der Waals surface area contributed by atoms with Gasteiger partial charge in [0.1, 0.15) is 0 Å². The van der Waals surface area contributed by atoms with Gasteiger partial charge in [-0.25, -0.2) is 6.57 Å². The van der Waals surface area contributed by atoms with E-state index < -0.39 is 0 Å². The molecule has 4 atom stereocenters. The zero-order chi connectivity index (χ0) is 12.6. The summed E-state index contributed by atoms with van der Waals surface area (Å²) in [6, 6.07) is 0.205. The van der Waals surface area contributed by atoms with Gasteiger partial charge in [0.05, 0.1) is 0 Å². The van der Waals surface area contributed by atoms with Crippen LogP contribution in [0.2, 0.25) is 0 Å². The van der Waals surface area contributed by atoms with Gasteiger partial charge in [0.2, 0.25) is 6.04 Å². The lowest BCUT2D eigenvalue weighted by Gasteiger charge is -2.40. The summed E-state index contributed by atoms with van der Waals surface area (Å²) in [5.41, 5.74) is 1.90. The maximum Gasteiger partial charge on any atom is 0.229 e. The molecular formula is C16H25N. The smallest absolute Gasteiger partial charge is 0.229 e. The van der Waals surface area contributed by atoms with Gasteiger partial charge in [-0.2, -0.15) is 0 Å². The number of nitrogens with zero attached hydrogens (tertiary/aromatic N) is 1. The van der Waals surface area contributed by atoms with Gasteiger partial charge < -0.3 is 4.85 Å². The van der Waals surface area contributed by atoms with Crippen molar-refractivity contribution in [1.29, 1.82) is 0 Å². The Hall–Kier alpha value is -0.770. The van der Waals surface area contributed by atoms with Crippen LogP contribution in [0.3, 0.4) is 0 Å². The molecule has 2 aliphatic rings. The predicted molar refractivity (Wildman–Crippen MR) is 72.5 cm³/mol. The van der Waals surface area contributed by atoms with Crippen molar-refractivity contribution in [1.82, 2.24) is 0 Å². The Morgan fingerprint density at radius 1 is 1.41 bits per heavy atom. The molecule has 4 unspecified atom stereocenters. The molecule has 94 valence electrons. The molecule has 2 fully saturated rings. The Kier molecular flexibility index (Phi) is 3.34. The third-order valence-corrected chi connectivity index (χ3v) is 5.18. The van der Waals surface area contributed by atoms with Crippen LogP contribution in [0.25, 0.3) is 4.85 Å². The molecule has 0 amide bonds. The monoisotopic (exact) mass is 231 g/mol. The van der Waals surface area contributed by atoms with E-state index >= 15 is 0 Å². The zero-order valence-corrected chi connectivity index (χ0v) is 11.5. The predicted octanol–water partition coefficient (Wildman–Crippen LogP) is 4.70. The van der Waals surface area contributed by atoms with Crippen LogP contribution in [-0.4, -0.2) is 6.04 Å². The van der Waals surface area contributed by atoms with Crippen molar-refractivity contribution < 1.29 is 0 Å². The first-order valence-corrected chi connectivity index (χ1v) is 7.04. The van der Waals surface area contributed by atoms with Crippen LogP contribution in [0.4, 0.5) is 0 Å². The maximum atomic E-state index is 7.49. The Bertz CT molecular complexity index is 349. The minimum Gasteiger partial charge on any atom is -0.313 e. The standard InChI is InChI=1S/C16H25N/c1-11(2)15(17-5)13-8-10-16(4)9-6-7-12(3)14(13)16/h11,13-15H,3,6-10H2,1-2,4H3. The van der Waals surface area contributed by atoms with Gasteiger partial charge in [-0.15, -0.1) is 0 Å². The normalized spacial score (nSPS) is 38.9. The Labute approximate surface area is 106 Å². The molecule has 0 saturated heterocycles.